The van der Waals surface area contributed by atoms with E-state index in [-0.39, 0.29) is 42.2 Å². The molecular formula is C13H20N2O5S. The third kappa shape index (κ3) is 4.10. The summed E-state index contributed by atoms with van der Waals surface area (Å²) in [5.74, 6) is -0.695. The summed E-state index contributed by atoms with van der Waals surface area (Å²) in [6.45, 7) is 2.89. The first-order chi connectivity index (χ1) is 9.86. The molecule has 2 aliphatic heterocycles. The van der Waals surface area contributed by atoms with E-state index >= 15 is 0 Å². The predicted octanol–water partition coefficient (Wildman–Crippen LogP) is 0.629. The van der Waals surface area contributed by atoms with Crippen LogP contribution < -0.4 is 0 Å². The Bertz CT molecular complexity index is 454. The van der Waals surface area contributed by atoms with Crippen molar-refractivity contribution in [2.45, 2.75) is 44.0 Å². The third-order valence-corrected chi connectivity index (χ3v) is 4.44. The van der Waals surface area contributed by atoms with Gasteiger partial charge in [-0.25, -0.2) is 0 Å². The van der Waals surface area contributed by atoms with Gasteiger partial charge in [0.1, 0.15) is 24.2 Å². The average Bonchev–Trinajstić information content (AvgIpc) is 2.80. The Balaban J connectivity index is 2.07. The molecule has 118 valence electrons. The van der Waals surface area contributed by atoms with E-state index in [9.17, 15) is 9.59 Å². The molecule has 0 spiro atoms. The number of aliphatic imine (C=N–C) groups is 1. The fourth-order valence-corrected chi connectivity index (χ4v) is 3.46. The van der Waals surface area contributed by atoms with Crippen molar-refractivity contribution >= 4 is 28.9 Å². The molecule has 4 atom stereocenters. The van der Waals surface area contributed by atoms with Gasteiger partial charge in [-0.15, -0.1) is 0 Å². The quantitative estimate of drug-likeness (QED) is 0.707. The summed E-state index contributed by atoms with van der Waals surface area (Å²) in [7, 11) is 3.81. The summed E-state index contributed by atoms with van der Waals surface area (Å²) in [5, 5.41) is 0.843. The van der Waals surface area contributed by atoms with Crippen LogP contribution in [0.3, 0.4) is 0 Å². The van der Waals surface area contributed by atoms with Crippen molar-refractivity contribution in [2.75, 3.05) is 20.7 Å². The highest BCUT2D eigenvalue weighted by atomic mass is 32.2. The molecule has 0 N–H and O–H groups in total. The van der Waals surface area contributed by atoms with Gasteiger partial charge < -0.3 is 19.1 Å². The van der Waals surface area contributed by atoms with Crippen LogP contribution in [0.5, 0.6) is 0 Å². The zero-order valence-electron chi connectivity index (χ0n) is 12.6. The highest BCUT2D eigenvalue weighted by molar-refractivity contribution is 8.14. The molecule has 0 aromatic carbocycles. The smallest absolute Gasteiger partial charge is 0.302 e. The molecule has 2 aliphatic rings. The number of carbonyl (C=O) groups excluding carboxylic acids is 2. The summed E-state index contributed by atoms with van der Waals surface area (Å²) in [4.78, 5) is 28.7. The molecule has 0 aromatic heterocycles. The Kier molecular flexibility index (Phi) is 5.10. The Morgan fingerprint density at radius 2 is 2.10 bits per heavy atom. The lowest BCUT2D eigenvalue weighted by molar-refractivity contribution is -0.164. The monoisotopic (exact) mass is 316 g/mol. The van der Waals surface area contributed by atoms with Gasteiger partial charge in [0.25, 0.3) is 0 Å². The van der Waals surface area contributed by atoms with Gasteiger partial charge in [-0.2, -0.15) is 0 Å². The second kappa shape index (κ2) is 6.65. The molecule has 2 rings (SSSR count). The van der Waals surface area contributed by atoms with Gasteiger partial charge in [-0.1, -0.05) is 11.8 Å². The minimum absolute atomic E-state index is 0.161. The number of ether oxygens (including phenoxy) is 3. The molecule has 7 nitrogen and oxygen atoms in total. The molecule has 0 radical (unpaired) electrons. The van der Waals surface area contributed by atoms with Crippen molar-refractivity contribution < 1.29 is 23.8 Å². The average molecular weight is 316 g/mol. The van der Waals surface area contributed by atoms with Crippen LogP contribution in [0.1, 0.15) is 20.3 Å². The minimum Gasteiger partial charge on any atom is -0.463 e. The highest BCUT2D eigenvalue weighted by Gasteiger charge is 2.45. The van der Waals surface area contributed by atoms with Crippen LogP contribution >= 0.6 is 11.8 Å². The lowest BCUT2D eigenvalue weighted by Gasteiger charge is -2.35. The highest BCUT2D eigenvalue weighted by Crippen LogP contribution is 2.38. The van der Waals surface area contributed by atoms with E-state index in [0.717, 1.165) is 5.17 Å². The molecule has 8 heteroatoms. The van der Waals surface area contributed by atoms with E-state index in [1.807, 2.05) is 19.0 Å². The minimum atomic E-state index is -0.355. The Labute approximate surface area is 128 Å². The lowest BCUT2D eigenvalue weighted by atomic mass is 10.0. The van der Waals surface area contributed by atoms with Gasteiger partial charge in [0.15, 0.2) is 5.17 Å². The standard InChI is InChI=1S/C13H20N2O5S/c1-7(16)18-6-9-5-10(19-8(2)17)11-12(20-9)21-13(14-11)15(3)4/h9-12H,5-6H2,1-4H3/t9-,10-,11+,12+/m0/s1. The van der Waals surface area contributed by atoms with Crippen molar-refractivity contribution in [1.82, 2.24) is 4.90 Å². The van der Waals surface area contributed by atoms with Gasteiger partial charge in [0, 0.05) is 34.4 Å². The van der Waals surface area contributed by atoms with Gasteiger partial charge >= 0.3 is 11.9 Å². The van der Waals surface area contributed by atoms with Crippen LogP contribution in [0.15, 0.2) is 4.99 Å². The number of carbonyl (C=O) groups is 2. The molecule has 1 saturated heterocycles. The molecule has 0 aromatic rings. The van der Waals surface area contributed by atoms with Crippen molar-refractivity contribution in [3.8, 4) is 0 Å². The molecule has 0 saturated carbocycles. The number of hydrogen-bond donors (Lipinski definition) is 0. The molecular weight excluding hydrogens is 296 g/mol. The van der Waals surface area contributed by atoms with Crippen LogP contribution in [0.2, 0.25) is 0 Å². The third-order valence-electron chi connectivity index (χ3n) is 3.14. The van der Waals surface area contributed by atoms with Gasteiger partial charge in [0.05, 0.1) is 6.10 Å². The second-order valence-electron chi connectivity index (χ2n) is 5.23. The maximum Gasteiger partial charge on any atom is 0.302 e. The number of rotatable bonds is 3. The zero-order chi connectivity index (χ0) is 15.6. The number of nitrogens with zero attached hydrogens (tertiary/aromatic N) is 2. The van der Waals surface area contributed by atoms with Gasteiger partial charge in [-0.05, 0) is 0 Å². The molecule has 21 heavy (non-hydrogen) atoms. The molecule has 0 aliphatic carbocycles. The molecule has 0 unspecified atom stereocenters. The largest absolute Gasteiger partial charge is 0.463 e. The van der Waals surface area contributed by atoms with E-state index in [0.29, 0.717) is 6.42 Å². The molecule has 2 heterocycles. The molecule has 0 amide bonds. The first-order valence-corrected chi connectivity index (χ1v) is 7.62. The van der Waals surface area contributed by atoms with Crippen molar-refractivity contribution in [1.29, 1.82) is 0 Å². The first-order valence-electron chi connectivity index (χ1n) is 6.74. The summed E-state index contributed by atoms with van der Waals surface area (Å²) in [6.07, 6.45) is -0.172. The van der Waals surface area contributed by atoms with Crippen LogP contribution in [0, 0.1) is 0 Å². The Hall–Kier alpha value is -1.28. The zero-order valence-corrected chi connectivity index (χ0v) is 13.4. The molecule has 0 bridgehead atoms. The van der Waals surface area contributed by atoms with Gasteiger partial charge in [0.2, 0.25) is 0 Å². The number of hydrogen-bond acceptors (Lipinski definition) is 8. The van der Waals surface area contributed by atoms with E-state index in [2.05, 4.69) is 4.99 Å². The fraction of sp³-hybridized carbons (Fsp3) is 0.769. The Morgan fingerprint density at radius 3 is 2.67 bits per heavy atom. The SMILES string of the molecule is CC(=O)OC[C@@H]1C[C@H](OC(C)=O)[C@H]2N=C(N(C)C)S[C@H]2O1. The lowest BCUT2D eigenvalue weighted by Crippen LogP contribution is -2.47. The molecule has 1 fully saturated rings. The maximum absolute atomic E-state index is 11.3. The van der Waals surface area contributed by atoms with Crippen molar-refractivity contribution in [3.05, 3.63) is 0 Å². The van der Waals surface area contributed by atoms with Crippen LogP contribution in [-0.2, 0) is 23.8 Å². The summed E-state index contributed by atoms with van der Waals surface area (Å²) in [5.41, 5.74) is -0.221. The van der Waals surface area contributed by atoms with Crippen LogP contribution in [0.25, 0.3) is 0 Å². The van der Waals surface area contributed by atoms with E-state index in [1.165, 1.54) is 25.6 Å². The number of esters is 2. The van der Waals surface area contributed by atoms with Crippen LogP contribution in [0.4, 0.5) is 0 Å². The van der Waals surface area contributed by atoms with E-state index in [4.69, 9.17) is 14.2 Å². The maximum atomic E-state index is 11.3. The summed E-state index contributed by atoms with van der Waals surface area (Å²) < 4.78 is 16.3. The second-order valence-corrected chi connectivity index (χ2v) is 6.29. The topological polar surface area (TPSA) is 77.4 Å². The summed E-state index contributed by atoms with van der Waals surface area (Å²) in [6, 6.07) is -0.218. The fourth-order valence-electron chi connectivity index (χ4n) is 2.27. The van der Waals surface area contributed by atoms with E-state index < -0.39 is 0 Å². The van der Waals surface area contributed by atoms with E-state index in [1.54, 1.807) is 0 Å². The van der Waals surface area contributed by atoms with Crippen molar-refractivity contribution in [3.63, 3.8) is 0 Å². The number of amidine groups is 1. The summed E-state index contributed by atoms with van der Waals surface area (Å²) >= 11 is 1.49. The number of fused-ring (bicyclic) bond motifs is 1. The first kappa shape index (κ1) is 16.1. The van der Waals surface area contributed by atoms with Crippen LogP contribution in [-0.4, -0.2) is 66.4 Å². The predicted molar refractivity (Wildman–Crippen MR) is 78.0 cm³/mol. The Morgan fingerprint density at radius 1 is 1.38 bits per heavy atom. The van der Waals surface area contributed by atoms with Crippen molar-refractivity contribution in [2.24, 2.45) is 4.99 Å². The van der Waals surface area contributed by atoms with Gasteiger partial charge in [-0.3, -0.25) is 14.6 Å². The normalized spacial score (nSPS) is 31.1. The number of thioether (sulfide) groups is 1.